The highest BCUT2D eigenvalue weighted by Crippen LogP contribution is 2.23. The maximum Gasteiger partial charge on any atom is 0.136 e. The summed E-state index contributed by atoms with van der Waals surface area (Å²) in [6.07, 6.45) is 1.00. The molecule has 5 nitrogen and oxygen atoms in total. The van der Waals surface area contributed by atoms with Crippen LogP contribution in [-0.4, -0.2) is 36.8 Å². The fourth-order valence-corrected chi connectivity index (χ4v) is 1.93. The number of ether oxygens (including phenoxy) is 2. The Morgan fingerprint density at radius 3 is 3.06 bits per heavy atom. The largest absolute Gasteiger partial charge is 0.381 e. The van der Waals surface area contributed by atoms with Gasteiger partial charge >= 0.3 is 0 Å². The second kappa shape index (κ2) is 5.93. The van der Waals surface area contributed by atoms with Gasteiger partial charge in [0, 0.05) is 32.2 Å². The summed E-state index contributed by atoms with van der Waals surface area (Å²) in [6, 6.07) is 1.94. The van der Waals surface area contributed by atoms with Crippen molar-refractivity contribution >= 4 is 5.82 Å². The Labute approximate surface area is 102 Å². The molecule has 94 valence electrons. The highest BCUT2D eigenvalue weighted by Gasteiger charge is 2.21. The van der Waals surface area contributed by atoms with Crippen molar-refractivity contribution in [2.45, 2.75) is 25.9 Å². The van der Waals surface area contributed by atoms with Crippen LogP contribution in [0.5, 0.6) is 0 Å². The summed E-state index contributed by atoms with van der Waals surface area (Å²) in [7, 11) is 1.67. The predicted octanol–water partition coefficient (Wildman–Crippen LogP) is 1.56. The number of anilines is 1. The summed E-state index contributed by atoms with van der Waals surface area (Å²) >= 11 is 0. The van der Waals surface area contributed by atoms with Crippen molar-refractivity contribution < 1.29 is 9.47 Å². The van der Waals surface area contributed by atoms with Gasteiger partial charge in [0.15, 0.2) is 0 Å². The number of nitrogens with zero attached hydrogens (tertiary/aromatic N) is 2. The van der Waals surface area contributed by atoms with Gasteiger partial charge in [0.2, 0.25) is 0 Å². The normalized spacial score (nSPS) is 19.5. The van der Waals surface area contributed by atoms with Gasteiger partial charge < -0.3 is 14.8 Å². The molecule has 1 N–H and O–H groups in total. The van der Waals surface area contributed by atoms with Gasteiger partial charge in [-0.05, 0) is 13.3 Å². The molecule has 1 aliphatic rings. The molecule has 1 aliphatic heterocycles. The molecule has 0 aliphatic carbocycles. The molecule has 0 spiro atoms. The number of hydrogen-bond acceptors (Lipinski definition) is 5. The molecule has 2 heterocycles. The molecular weight excluding hydrogens is 218 g/mol. The van der Waals surface area contributed by atoms with Crippen molar-refractivity contribution in [3.8, 4) is 0 Å². The predicted molar refractivity (Wildman–Crippen MR) is 65.1 cm³/mol. The first-order valence-electron chi connectivity index (χ1n) is 6.02. The van der Waals surface area contributed by atoms with E-state index in [4.69, 9.17) is 9.47 Å². The SMILES string of the molecule is CCNc1cc(COC)nc(C2CCOC2)n1. The van der Waals surface area contributed by atoms with Crippen LogP contribution in [-0.2, 0) is 16.1 Å². The molecule has 5 heteroatoms. The fraction of sp³-hybridized carbons (Fsp3) is 0.667. The van der Waals surface area contributed by atoms with E-state index >= 15 is 0 Å². The molecule has 0 amide bonds. The summed E-state index contributed by atoms with van der Waals surface area (Å²) in [5.74, 6) is 2.06. The summed E-state index contributed by atoms with van der Waals surface area (Å²) in [5.41, 5.74) is 0.917. The van der Waals surface area contributed by atoms with Gasteiger partial charge in [-0.3, -0.25) is 0 Å². The van der Waals surface area contributed by atoms with Gasteiger partial charge in [0.1, 0.15) is 11.6 Å². The average molecular weight is 237 g/mol. The topological polar surface area (TPSA) is 56.3 Å². The summed E-state index contributed by atoms with van der Waals surface area (Å²) in [5, 5.41) is 3.22. The Morgan fingerprint density at radius 1 is 1.53 bits per heavy atom. The van der Waals surface area contributed by atoms with Crippen LogP contribution in [0.2, 0.25) is 0 Å². The van der Waals surface area contributed by atoms with Crippen LogP contribution in [0.1, 0.15) is 30.8 Å². The lowest BCUT2D eigenvalue weighted by Crippen LogP contribution is -2.10. The van der Waals surface area contributed by atoms with Gasteiger partial charge in [-0.15, -0.1) is 0 Å². The van der Waals surface area contributed by atoms with Crippen molar-refractivity contribution in [2.75, 3.05) is 32.2 Å². The van der Waals surface area contributed by atoms with Crippen LogP contribution in [0.4, 0.5) is 5.82 Å². The molecular formula is C12H19N3O2. The molecule has 17 heavy (non-hydrogen) atoms. The van der Waals surface area contributed by atoms with Crippen LogP contribution >= 0.6 is 0 Å². The molecule has 1 atom stereocenters. The standard InChI is InChI=1S/C12H19N3O2/c1-3-13-11-6-10(8-16-2)14-12(15-11)9-4-5-17-7-9/h6,9H,3-5,7-8H2,1-2H3,(H,13,14,15). The van der Waals surface area contributed by atoms with Crippen molar-refractivity contribution in [3.05, 3.63) is 17.6 Å². The number of hydrogen-bond donors (Lipinski definition) is 1. The van der Waals surface area contributed by atoms with Gasteiger partial charge in [-0.25, -0.2) is 9.97 Å². The third kappa shape index (κ3) is 3.14. The first kappa shape index (κ1) is 12.3. The van der Waals surface area contributed by atoms with Crippen molar-refractivity contribution in [1.82, 2.24) is 9.97 Å². The molecule has 0 saturated carbocycles. The summed E-state index contributed by atoms with van der Waals surface area (Å²) in [4.78, 5) is 9.06. The Morgan fingerprint density at radius 2 is 2.41 bits per heavy atom. The summed E-state index contributed by atoms with van der Waals surface area (Å²) in [6.45, 7) is 4.95. The molecule has 0 bridgehead atoms. The van der Waals surface area contributed by atoms with E-state index in [0.29, 0.717) is 12.5 Å². The molecule has 0 radical (unpaired) electrons. The number of aromatic nitrogens is 2. The lowest BCUT2D eigenvalue weighted by molar-refractivity contribution is 0.180. The zero-order valence-electron chi connectivity index (χ0n) is 10.4. The third-order valence-electron chi connectivity index (χ3n) is 2.74. The second-order valence-electron chi connectivity index (χ2n) is 4.13. The van der Waals surface area contributed by atoms with E-state index < -0.39 is 0 Å². The van der Waals surface area contributed by atoms with E-state index in [9.17, 15) is 0 Å². The molecule has 1 aromatic heterocycles. The Hall–Kier alpha value is -1.20. The van der Waals surface area contributed by atoms with E-state index in [1.807, 2.05) is 6.07 Å². The number of rotatable bonds is 5. The van der Waals surface area contributed by atoms with E-state index in [1.54, 1.807) is 7.11 Å². The lowest BCUT2D eigenvalue weighted by atomic mass is 10.1. The minimum atomic E-state index is 0.323. The monoisotopic (exact) mass is 237 g/mol. The molecule has 1 saturated heterocycles. The van der Waals surface area contributed by atoms with Crippen molar-refractivity contribution in [2.24, 2.45) is 0 Å². The molecule has 2 rings (SSSR count). The number of methoxy groups -OCH3 is 1. The Bertz CT molecular complexity index is 341. The maximum atomic E-state index is 5.38. The zero-order valence-corrected chi connectivity index (χ0v) is 10.4. The molecule has 0 aromatic carbocycles. The third-order valence-corrected chi connectivity index (χ3v) is 2.74. The fourth-order valence-electron chi connectivity index (χ4n) is 1.93. The highest BCUT2D eigenvalue weighted by molar-refractivity contribution is 5.36. The highest BCUT2D eigenvalue weighted by atomic mass is 16.5. The first-order chi connectivity index (χ1) is 8.33. The summed E-state index contributed by atoms with van der Waals surface area (Å²) < 4.78 is 10.5. The van der Waals surface area contributed by atoms with Crippen molar-refractivity contribution in [1.29, 1.82) is 0 Å². The minimum Gasteiger partial charge on any atom is -0.381 e. The Balaban J connectivity index is 2.22. The maximum absolute atomic E-state index is 5.38. The van der Waals surface area contributed by atoms with Gasteiger partial charge in [0.05, 0.1) is 18.9 Å². The Kier molecular flexibility index (Phi) is 4.28. The second-order valence-corrected chi connectivity index (χ2v) is 4.13. The van der Waals surface area contributed by atoms with Gasteiger partial charge in [0.25, 0.3) is 0 Å². The molecule has 1 unspecified atom stereocenters. The van der Waals surface area contributed by atoms with Crippen LogP contribution < -0.4 is 5.32 Å². The smallest absolute Gasteiger partial charge is 0.136 e. The molecule has 1 fully saturated rings. The van der Waals surface area contributed by atoms with Crippen LogP contribution in [0.3, 0.4) is 0 Å². The van der Waals surface area contributed by atoms with E-state index in [0.717, 1.165) is 43.5 Å². The van der Waals surface area contributed by atoms with Crippen LogP contribution in [0.15, 0.2) is 6.07 Å². The minimum absolute atomic E-state index is 0.323. The van der Waals surface area contributed by atoms with Gasteiger partial charge in [-0.1, -0.05) is 0 Å². The van der Waals surface area contributed by atoms with Crippen LogP contribution in [0, 0.1) is 0 Å². The molecule has 1 aromatic rings. The van der Waals surface area contributed by atoms with E-state index in [1.165, 1.54) is 0 Å². The lowest BCUT2D eigenvalue weighted by Gasteiger charge is -2.11. The van der Waals surface area contributed by atoms with E-state index in [-0.39, 0.29) is 0 Å². The number of nitrogens with one attached hydrogen (secondary N) is 1. The van der Waals surface area contributed by atoms with Crippen LogP contribution in [0.25, 0.3) is 0 Å². The van der Waals surface area contributed by atoms with Crippen molar-refractivity contribution in [3.63, 3.8) is 0 Å². The average Bonchev–Trinajstić information content (AvgIpc) is 2.83. The van der Waals surface area contributed by atoms with E-state index in [2.05, 4.69) is 22.2 Å². The first-order valence-corrected chi connectivity index (χ1v) is 6.02. The quantitative estimate of drug-likeness (QED) is 0.842. The van der Waals surface area contributed by atoms with Gasteiger partial charge in [-0.2, -0.15) is 0 Å². The zero-order chi connectivity index (χ0) is 12.1.